The monoisotopic (exact) mass is 313 g/mol. The minimum absolute atomic E-state index is 0.0349. The maximum atomic E-state index is 12.5. The summed E-state index contributed by atoms with van der Waals surface area (Å²) in [7, 11) is -3.62. The Morgan fingerprint density at radius 1 is 1.00 bits per heavy atom. The van der Waals surface area contributed by atoms with Gasteiger partial charge in [0.1, 0.15) is 0 Å². The Morgan fingerprint density at radius 2 is 1.68 bits per heavy atom. The number of aromatic nitrogens is 3. The van der Waals surface area contributed by atoms with E-state index < -0.39 is 9.84 Å². The Kier molecular flexibility index (Phi) is 3.77. The van der Waals surface area contributed by atoms with Crippen molar-refractivity contribution in [2.75, 3.05) is 0 Å². The molecule has 0 radical (unpaired) electrons. The van der Waals surface area contributed by atoms with Crippen LogP contribution in [0.25, 0.3) is 0 Å². The second-order valence-electron chi connectivity index (χ2n) is 5.06. The molecule has 1 heterocycles. The summed E-state index contributed by atoms with van der Waals surface area (Å²) in [5.74, 6) is 0. The molecule has 2 aromatic carbocycles. The summed E-state index contributed by atoms with van der Waals surface area (Å²) >= 11 is 0. The summed E-state index contributed by atoms with van der Waals surface area (Å²) in [6, 6.07) is 16.4. The normalized spacial score (nSPS) is 11.5. The number of aryl methyl sites for hydroxylation is 1. The van der Waals surface area contributed by atoms with Gasteiger partial charge in [-0.05, 0) is 24.6 Å². The third kappa shape index (κ3) is 2.92. The molecule has 0 aliphatic carbocycles. The minimum atomic E-state index is -3.62. The number of benzene rings is 2. The zero-order chi connectivity index (χ0) is 15.6. The first kappa shape index (κ1) is 14.5. The first-order chi connectivity index (χ1) is 10.6. The van der Waals surface area contributed by atoms with Crippen molar-refractivity contribution in [3.8, 4) is 0 Å². The highest BCUT2D eigenvalue weighted by molar-refractivity contribution is 7.91. The van der Waals surface area contributed by atoms with Crippen molar-refractivity contribution < 1.29 is 8.42 Å². The lowest BCUT2D eigenvalue weighted by Crippen LogP contribution is -2.02. The summed E-state index contributed by atoms with van der Waals surface area (Å²) in [5, 5.41) is 7.68. The Labute approximate surface area is 129 Å². The van der Waals surface area contributed by atoms with Crippen LogP contribution >= 0.6 is 0 Å². The molecule has 0 N–H and O–H groups in total. The van der Waals surface area contributed by atoms with Crippen LogP contribution in [0.15, 0.2) is 70.7 Å². The van der Waals surface area contributed by atoms with Gasteiger partial charge < -0.3 is 0 Å². The highest BCUT2D eigenvalue weighted by Gasteiger charge is 2.21. The second-order valence-corrected chi connectivity index (χ2v) is 6.95. The topological polar surface area (TPSA) is 64.8 Å². The molecule has 0 fully saturated rings. The van der Waals surface area contributed by atoms with Crippen molar-refractivity contribution in [2.24, 2.45) is 0 Å². The van der Waals surface area contributed by atoms with Gasteiger partial charge in [-0.1, -0.05) is 53.2 Å². The molecule has 6 heteroatoms. The van der Waals surface area contributed by atoms with Crippen LogP contribution in [0.4, 0.5) is 0 Å². The molecular formula is C16H15N3O2S. The summed E-state index contributed by atoms with van der Waals surface area (Å²) < 4.78 is 26.5. The summed E-state index contributed by atoms with van der Waals surface area (Å²) in [6.07, 6.45) is 1.46. The second kappa shape index (κ2) is 5.73. The average Bonchev–Trinajstić information content (AvgIpc) is 2.98. The molecule has 0 spiro atoms. The van der Waals surface area contributed by atoms with Gasteiger partial charge >= 0.3 is 0 Å². The van der Waals surface area contributed by atoms with Crippen molar-refractivity contribution in [3.63, 3.8) is 0 Å². The van der Waals surface area contributed by atoms with E-state index in [1.54, 1.807) is 24.3 Å². The SMILES string of the molecule is Cc1ccc(S(=O)(=O)c2cn(Cc3ccccc3)nn2)cc1. The van der Waals surface area contributed by atoms with E-state index in [-0.39, 0.29) is 9.92 Å². The summed E-state index contributed by atoms with van der Waals surface area (Å²) in [6.45, 7) is 2.39. The Balaban J connectivity index is 1.88. The molecule has 22 heavy (non-hydrogen) atoms. The largest absolute Gasteiger partial charge is 0.247 e. The maximum absolute atomic E-state index is 12.5. The first-order valence-corrected chi connectivity index (χ1v) is 8.30. The van der Waals surface area contributed by atoms with E-state index in [0.29, 0.717) is 6.54 Å². The number of hydrogen-bond donors (Lipinski definition) is 0. The van der Waals surface area contributed by atoms with E-state index >= 15 is 0 Å². The lowest BCUT2D eigenvalue weighted by Gasteiger charge is -2.01. The molecule has 1 aromatic heterocycles. The van der Waals surface area contributed by atoms with Gasteiger partial charge in [-0.25, -0.2) is 13.1 Å². The predicted molar refractivity (Wildman–Crippen MR) is 82.2 cm³/mol. The number of sulfone groups is 1. The Morgan fingerprint density at radius 3 is 2.36 bits per heavy atom. The van der Waals surface area contributed by atoms with E-state index in [2.05, 4.69) is 10.3 Å². The molecule has 3 rings (SSSR count). The van der Waals surface area contributed by atoms with Gasteiger partial charge in [0.15, 0.2) is 0 Å². The molecule has 0 bridgehead atoms. The van der Waals surface area contributed by atoms with Crippen molar-refractivity contribution in [1.82, 2.24) is 15.0 Å². The molecule has 0 unspecified atom stereocenters. The van der Waals surface area contributed by atoms with Crippen molar-refractivity contribution in [3.05, 3.63) is 71.9 Å². The van der Waals surface area contributed by atoms with Gasteiger partial charge in [-0.15, -0.1) is 5.10 Å². The molecule has 0 saturated heterocycles. The predicted octanol–water partition coefficient (Wildman–Crippen LogP) is 2.47. The molecular weight excluding hydrogens is 298 g/mol. The number of rotatable bonds is 4. The number of hydrogen-bond acceptors (Lipinski definition) is 4. The molecule has 0 atom stereocenters. The van der Waals surface area contributed by atoms with Gasteiger partial charge in [-0.2, -0.15) is 0 Å². The molecule has 3 aromatic rings. The quantitative estimate of drug-likeness (QED) is 0.742. The fraction of sp³-hybridized carbons (Fsp3) is 0.125. The molecule has 0 aliphatic rings. The highest BCUT2D eigenvalue weighted by Crippen LogP contribution is 2.19. The van der Waals surface area contributed by atoms with E-state index in [4.69, 9.17) is 0 Å². The van der Waals surface area contributed by atoms with Crippen LogP contribution in [0.5, 0.6) is 0 Å². The molecule has 0 amide bonds. The molecule has 0 aliphatic heterocycles. The van der Waals surface area contributed by atoms with Crippen LogP contribution in [0, 0.1) is 6.92 Å². The summed E-state index contributed by atoms with van der Waals surface area (Å²) in [5.41, 5.74) is 2.04. The molecule has 0 saturated carbocycles. The standard InChI is InChI=1S/C16H15N3O2S/c1-13-7-9-15(10-8-13)22(20,21)16-12-19(18-17-16)11-14-5-3-2-4-6-14/h2-10,12H,11H2,1H3. The third-order valence-corrected chi connectivity index (χ3v) is 4.94. The van der Waals surface area contributed by atoms with E-state index in [0.717, 1.165) is 11.1 Å². The van der Waals surface area contributed by atoms with Crippen LogP contribution in [0.3, 0.4) is 0 Å². The fourth-order valence-electron chi connectivity index (χ4n) is 2.09. The minimum Gasteiger partial charge on any atom is -0.247 e. The van der Waals surface area contributed by atoms with Crippen molar-refractivity contribution in [1.29, 1.82) is 0 Å². The lowest BCUT2D eigenvalue weighted by molar-refractivity contribution is 0.591. The smallest absolute Gasteiger partial charge is 0.227 e. The van der Waals surface area contributed by atoms with Gasteiger partial charge in [-0.3, -0.25) is 0 Å². The molecule has 5 nitrogen and oxygen atoms in total. The van der Waals surface area contributed by atoms with E-state index in [9.17, 15) is 8.42 Å². The zero-order valence-electron chi connectivity index (χ0n) is 12.0. The molecule has 112 valence electrons. The van der Waals surface area contributed by atoms with Crippen LogP contribution in [0.2, 0.25) is 0 Å². The maximum Gasteiger partial charge on any atom is 0.227 e. The van der Waals surface area contributed by atoms with E-state index in [1.165, 1.54) is 10.9 Å². The van der Waals surface area contributed by atoms with E-state index in [1.807, 2.05) is 37.3 Å². The lowest BCUT2D eigenvalue weighted by atomic mass is 10.2. The van der Waals surface area contributed by atoms with Crippen LogP contribution < -0.4 is 0 Å². The average molecular weight is 313 g/mol. The van der Waals surface area contributed by atoms with Gasteiger partial charge in [0.25, 0.3) is 0 Å². The van der Waals surface area contributed by atoms with Crippen LogP contribution in [0.1, 0.15) is 11.1 Å². The van der Waals surface area contributed by atoms with Gasteiger partial charge in [0.2, 0.25) is 14.9 Å². The van der Waals surface area contributed by atoms with Gasteiger partial charge in [0, 0.05) is 0 Å². The Bertz CT molecular complexity index is 869. The van der Waals surface area contributed by atoms with Gasteiger partial charge in [0.05, 0.1) is 17.6 Å². The van der Waals surface area contributed by atoms with Crippen LogP contribution in [-0.4, -0.2) is 23.4 Å². The number of nitrogens with zero attached hydrogens (tertiary/aromatic N) is 3. The fourth-order valence-corrected chi connectivity index (χ4v) is 3.23. The first-order valence-electron chi connectivity index (χ1n) is 6.81. The van der Waals surface area contributed by atoms with Crippen molar-refractivity contribution in [2.45, 2.75) is 23.4 Å². The third-order valence-electron chi connectivity index (χ3n) is 3.31. The summed E-state index contributed by atoms with van der Waals surface area (Å²) in [4.78, 5) is 0.227. The highest BCUT2D eigenvalue weighted by atomic mass is 32.2. The Hall–Kier alpha value is -2.47. The van der Waals surface area contributed by atoms with Crippen LogP contribution in [-0.2, 0) is 16.4 Å². The zero-order valence-corrected chi connectivity index (χ0v) is 12.9. The van der Waals surface area contributed by atoms with Crippen molar-refractivity contribution >= 4 is 9.84 Å².